The van der Waals surface area contributed by atoms with Crippen molar-refractivity contribution in [3.63, 3.8) is 0 Å². The van der Waals surface area contributed by atoms with Gasteiger partial charge in [-0.25, -0.2) is 4.39 Å². The van der Waals surface area contributed by atoms with Crippen LogP contribution in [0.3, 0.4) is 0 Å². The Labute approximate surface area is 105 Å². The lowest BCUT2D eigenvalue weighted by molar-refractivity contribution is 0.263. The summed E-state index contributed by atoms with van der Waals surface area (Å²) < 4.78 is 13.4. The molecule has 17 heavy (non-hydrogen) atoms. The van der Waals surface area contributed by atoms with Gasteiger partial charge in [0.25, 0.3) is 0 Å². The van der Waals surface area contributed by atoms with Crippen molar-refractivity contribution < 1.29 is 9.50 Å². The number of hydrogen-bond acceptors (Lipinski definition) is 3. The summed E-state index contributed by atoms with van der Waals surface area (Å²) in [5.41, 5.74) is 7.05. The number of hydrogen-bond donors (Lipinski definition) is 2. The second-order valence-corrected chi connectivity index (χ2v) is 4.85. The van der Waals surface area contributed by atoms with E-state index in [1.54, 1.807) is 0 Å². The fourth-order valence-electron chi connectivity index (χ4n) is 2.30. The minimum absolute atomic E-state index is 0.0531. The van der Waals surface area contributed by atoms with Gasteiger partial charge in [0, 0.05) is 25.8 Å². The number of anilines is 2. The SMILES string of the molecule is Nc1cc(Cl)c(F)cc1N1CCC(CCO)C1. The molecule has 5 heteroatoms. The molecule has 2 rings (SSSR count). The van der Waals surface area contributed by atoms with Crippen LogP contribution in [0.15, 0.2) is 12.1 Å². The highest BCUT2D eigenvalue weighted by molar-refractivity contribution is 6.31. The van der Waals surface area contributed by atoms with Gasteiger partial charge in [0.2, 0.25) is 0 Å². The smallest absolute Gasteiger partial charge is 0.144 e. The Morgan fingerprint density at radius 1 is 1.53 bits per heavy atom. The molecule has 3 nitrogen and oxygen atoms in total. The Kier molecular flexibility index (Phi) is 3.74. The van der Waals surface area contributed by atoms with Crippen molar-refractivity contribution in [2.45, 2.75) is 12.8 Å². The van der Waals surface area contributed by atoms with E-state index in [1.807, 2.05) is 0 Å². The van der Waals surface area contributed by atoms with Crippen molar-refractivity contribution in [3.05, 3.63) is 23.0 Å². The summed E-state index contributed by atoms with van der Waals surface area (Å²) in [5, 5.41) is 8.95. The van der Waals surface area contributed by atoms with Crippen LogP contribution in [0.5, 0.6) is 0 Å². The molecule has 0 amide bonds. The summed E-state index contributed by atoms with van der Waals surface area (Å²) in [7, 11) is 0. The number of halogens is 2. The highest BCUT2D eigenvalue weighted by Crippen LogP contribution is 2.33. The molecule has 1 unspecified atom stereocenters. The number of nitrogen functional groups attached to an aromatic ring is 1. The van der Waals surface area contributed by atoms with E-state index >= 15 is 0 Å². The molecule has 0 bridgehead atoms. The number of nitrogens with two attached hydrogens (primary N) is 1. The maximum absolute atomic E-state index is 13.4. The first kappa shape index (κ1) is 12.5. The monoisotopic (exact) mass is 258 g/mol. The molecule has 1 aliphatic rings. The predicted octanol–water partition coefficient (Wildman–Crippen LogP) is 2.27. The molecule has 0 aromatic heterocycles. The molecular formula is C12H16ClFN2O. The zero-order valence-electron chi connectivity index (χ0n) is 9.50. The summed E-state index contributed by atoms with van der Waals surface area (Å²) in [6.45, 7) is 1.85. The van der Waals surface area contributed by atoms with E-state index in [0.29, 0.717) is 17.3 Å². The third kappa shape index (κ3) is 2.64. The Bertz CT molecular complexity index is 414. The summed E-state index contributed by atoms with van der Waals surface area (Å²) >= 11 is 5.66. The lowest BCUT2D eigenvalue weighted by Crippen LogP contribution is -2.21. The first-order chi connectivity index (χ1) is 8.11. The van der Waals surface area contributed by atoms with Crippen molar-refractivity contribution in [1.29, 1.82) is 0 Å². The van der Waals surface area contributed by atoms with Crippen LogP contribution in [0, 0.1) is 11.7 Å². The fraction of sp³-hybridized carbons (Fsp3) is 0.500. The Morgan fingerprint density at radius 2 is 2.29 bits per heavy atom. The predicted molar refractivity (Wildman–Crippen MR) is 67.8 cm³/mol. The average Bonchev–Trinajstić information content (AvgIpc) is 2.72. The van der Waals surface area contributed by atoms with E-state index in [1.165, 1.54) is 12.1 Å². The first-order valence-electron chi connectivity index (χ1n) is 5.72. The summed E-state index contributed by atoms with van der Waals surface area (Å²) in [4.78, 5) is 2.05. The second-order valence-electron chi connectivity index (χ2n) is 4.44. The molecule has 1 saturated heterocycles. The maximum atomic E-state index is 13.4. The standard InChI is InChI=1S/C12H16ClFN2O/c13-9-5-11(15)12(6-10(9)14)16-3-1-8(7-16)2-4-17/h5-6,8,17H,1-4,7,15H2. The summed E-state index contributed by atoms with van der Waals surface area (Å²) in [5.74, 6) is 0.0135. The van der Waals surface area contributed by atoms with Crippen LogP contribution in [0.1, 0.15) is 12.8 Å². The van der Waals surface area contributed by atoms with E-state index in [9.17, 15) is 4.39 Å². The molecule has 3 N–H and O–H groups in total. The van der Waals surface area contributed by atoms with Crippen LogP contribution in [0.2, 0.25) is 5.02 Å². The van der Waals surface area contributed by atoms with E-state index in [-0.39, 0.29) is 11.6 Å². The van der Waals surface area contributed by atoms with Crippen molar-refractivity contribution in [1.82, 2.24) is 0 Å². The lowest BCUT2D eigenvalue weighted by atomic mass is 10.1. The summed E-state index contributed by atoms with van der Waals surface area (Å²) in [6.07, 6.45) is 1.79. The summed E-state index contributed by atoms with van der Waals surface area (Å²) in [6, 6.07) is 2.84. The number of aliphatic hydroxyl groups excluding tert-OH is 1. The molecule has 0 spiro atoms. The molecule has 1 aliphatic heterocycles. The quantitative estimate of drug-likeness (QED) is 0.818. The normalized spacial score (nSPS) is 19.9. The molecule has 1 aromatic rings. The minimum Gasteiger partial charge on any atom is -0.397 e. The number of rotatable bonds is 3. The average molecular weight is 259 g/mol. The fourth-order valence-corrected chi connectivity index (χ4v) is 2.47. The third-order valence-electron chi connectivity index (χ3n) is 3.23. The largest absolute Gasteiger partial charge is 0.397 e. The third-order valence-corrected chi connectivity index (χ3v) is 3.52. The van der Waals surface area contributed by atoms with Crippen molar-refractivity contribution in [2.24, 2.45) is 5.92 Å². The van der Waals surface area contributed by atoms with Crippen molar-refractivity contribution >= 4 is 23.0 Å². The van der Waals surface area contributed by atoms with Gasteiger partial charge in [0.1, 0.15) is 5.82 Å². The van der Waals surface area contributed by atoms with Gasteiger partial charge in [-0.3, -0.25) is 0 Å². The van der Waals surface area contributed by atoms with Gasteiger partial charge in [-0.05, 0) is 24.8 Å². The molecular weight excluding hydrogens is 243 g/mol. The van der Waals surface area contributed by atoms with E-state index in [0.717, 1.165) is 25.9 Å². The topological polar surface area (TPSA) is 49.5 Å². The van der Waals surface area contributed by atoms with Crippen LogP contribution >= 0.6 is 11.6 Å². The lowest BCUT2D eigenvalue weighted by Gasteiger charge is -2.21. The maximum Gasteiger partial charge on any atom is 0.144 e. The molecule has 1 heterocycles. The second kappa shape index (κ2) is 5.10. The molecule has 0 radical (unpaired) electrons. The zero-order chi connectivity index (χ0) is 12.4. The first-order valence-corrected chi connectivity index (χ1v) is 6.10. The van der Waals surface area contributed by atoms with Gasteiger partial charge >= 0.3 is 0 Å². The van der Waals surface area contributed by atoms with Gasteiger partial charge in [0.05, 0.1) is 16.4 Å². The molecule has 0 aliphatic carbocycles. The van der Waals surface area contributed by atoms with Gasteiger partial charge in [-0.15, -0.1) is 0 Å². The van der Waals surface area contributed by atoms with E-state index in [4.69, 9.17) is 22.4 Å². The van der Waals surface area contributed by atoms with Gasteiger partial charge in [0.15, 0.2) is 0 Å². The molecule has 1 aromatic carbocycles. The number of benzene rings is 1. The van der Waals surface area contributed by atoms with Crippen LogP contribution in [-0.4, -0.2) is 24.8 Å². The van der Waals surface area contributed by atoms with Gasteiger partial charge < -0.3 is 15.7 Å². The van der Waals surface area contributed by atoms with Gasteiger partial charge in [-0.1, -0.05) is 11.6 Å². The van der Waals surface area contributed by atoms with Crippen molar-refractivity contribution in [2.75, 3.05) is 30.3 Å². The van der Waals surface area contributed by atoms with E-state index in [2.05, 4.69) is 4.90 Å². The van der Waals surface area contributed by atoms with Crippen LogP contribution in [0.25, 0.3) is 0 Å². The molecule has 0 saturated carbocycles. The van der Waals surface area contributed by atoms with Crippen LogP contribution < -0.4 is 10.6 Å². The van der Waals surface area contributed by atoms with Gasteiger partial charge in [-0.2, -0.15) is 0 Å². The Morgan fingerprint density at radius 3 is 3.00 bits per heavy atom. The highest BCUT2D eigenvalue weighted by Gasteiger charge is 2.24. The molecule has 1 fully saturated rings. The Balaban J connectivity index is 2.16. The molecule has 1 atom stereocenters. The van der Waals surface area contributed by atoms with Crippen molar-refractivity contribution in [3.8, 4) is 0 Å². The number of aliphatic hydroxyl groups is 1. The molecule has 94 valence electrons. The zero-order valence-corrected chi connectivity index (χ0v) is 10.3. The van der Waals surface area contributed by atoms with Crippen LogP contribution in [-0.2, 0) is 0 Å². The minimum atomic E-state index is -0.443. The Hall–Kier alpha value is -1.00. The highest BCUT2D eigenvalue weighted by atomic mass is 35.5. The van der Waals surface area contributed by atoms with E-state index < -0.39 is 5.82 Å². The van der Waals surface area contributed by atoms with Crippen LogP contribution in [0.4, 0.5) is 15.8 Å². The number of nitrogens with zero attached hydrogens (tertiary/aromatic N) is 1.